The Hall–Kier alpha value is -4.50. The number of carbonyl (C=O) groups is 2. The Kier molecular flexibility index (Phi) is 8.18. The lowest BCUT2D eigenvalue weighted by molar-refractivity contribution is 0.0441. The number of amides is 2. The van der Waals surface area contributed by atoms with Crippen LogP contribution in [0.1, 0.15) is 23.1 Å². The van der Waals surface area contributed by atoms with E-state index in [-0.39, 0.29) is 19.1 Å². The number of hydrogen-bond acceptors (Lipinski definition) is 4. The van der Waals surface area contributed by atoms with Gasteiger partial charge in [-0.25, -0.2) is 20.0 Å². The third kappa shape index (κ3) is 6.99. The number of hydrazine groups is 1. The van der Waals surface area contributed by atoms with Gasteiger partial charge in [0.1, 0.15) is 13.2 Å². The number of nitrogens with one attached hydrogen (secondary N) is 1. The van der Waals surface area contributed by atoms with E-state index in [9.17, 15) is 9.59 Å². The van der Waals surface area contributed by atoms with E-state index >= 15 is 0 Å². The van der Waals surface area contributed by atoms with Crippen LogP contribution >= 0.6 is 0 Å². The highest BCUT2D eigenvalue weighted by atomic mass is 16.6. The quantitative estimate of drug-likeness (QED) is 0.308. The first-order valence-electron chi connectivity index (χ1n) is 11.4. The minimum atomic E-state index is -0.743. The normalized spacial score (nSPS) is 16.0. The third-order valence-electron chi connectivity index (χ3n) is 5.45. The molecule has 3 aromatic carbocycles. The fourth-order valence-corrected chi connectivity index (χ4v) is 3.64. The van der Waals surface area contributed by atoms with Crippen molar-refractivity contribution in [3.8, 4) is 11.8 Å². The van der Waals surface area contributed by atoms with E-state index in [0.29, 0.717) is 6.42 Å². The van der Waals surface area contributed by atoms with Gasteiger partial charge < -0.3 is 9.47 Å². The third-order valence-corrected chi connectivity index (χ3v) is 5.45. The van der Waals surface area contributed by atoms with Crippen molar-refractivity contribution in [1.82, 2.24) is 10.4 Å². The predicted octanol–water partition coefficient (Wildman–Crippen LogP) is 5.46. The lowest BCUT2D eigenvalue weighted by Gasteiger charge is -2.30. The van der Waals surface area contributed by atoms with Crippen LogP contribution in [0.4, 0.5) is 9.59 Å². The van der Waals surface area contributed by atoms with Crippen LogP contribution in [0.2, 0.25) is 0 Å². The van der Waals surface area contributed by atoms with Crippen molar-refractivity contribution in [1.29, 1.82) is 0 Å². The maximum Gasteiger partial charge on any atom is 0.429 e. The maximum atomic E-state index is 13.1. The molecule has 1 N–H and O–H groups in total. The first-order valence-corrected chi connectivity index (χ1v) is 11.4. The largest absolute Gasteiger partial charge is 0.443 e. The second-order valence-corrected chi connectivity index (χ2v) is 7.98. The molecule has 1 aliphatic carbocycles. The van der Waals surface area contributed by atoms with Gasteiger partial charge in [-0.2, -0.15) is 0 Å². The Morgan fingerprint density at radius 3 is 2.03 bits per heavy atom. The van der Waals surface area contributed by atoms with Crippen LogP contribution < -0.4 is 5.43 Å². The molecule has 0 spiro atoms. The van der Waals surface area contributed by atoms with E-state index in [1.807, 2.05) is 103 Å². The monoisotopic (exact) mass is 466 g/mol. The van der Waals surface area contributed by atoms with Crippen molar-refractivity contribution in [2.45, 2.75) is 25.7 Å². The molecule has 2 amide bonds. The Morgan fingerprint density at radius 1 is 0.829 bits per heavy atom. The average Bonchev–Trinajstić information content (AvgIpc) is 3.38. The Morgan fingerprint density at radius 2 is 1.40 bits per heavy atom. The van der Waals surface area contributed by atoms with Crippen molar-refractivity contribution in [2.24, 2.45) is 5.92 Å². The smallest absolute Gasteiger partial charge is 0.429 e. The molecule has 0 saturated heterocycles. The molecular weight excluding hydrogens is 440 g/mol. The fourth-order valence-electron chi connectivity index (χ4n) is 3.64. The van der Waals surface area contributed by atoms with Crippen LogP contribution in [-0.2, 0) is 22.7 Å². The molecule has 4 rings (SSSR count). The van der Waals surface area contributed by atoms with Gasteiger partial charge in [-0.1, -0.05) is 103 Å². The molecule has 0 fully saturated rings. The summed E-state index contributed by atoms with van der Waals surface area (Å²) in [5.74, 6) is 6.07. The summed E-state index contributed by atoms with van der Waals surface area (Å²) >= 11 is 0. The number of ether oxygens (including phenoxy) is 2. The van der Waals surface area contributed by atoms with E-state index < -0.39 is 18.2 Å². The van der Waals surface area contributed by atoms with Crippen LogP contribution in [0.25, 0.3) is 0 Å². The highest BCUT2D eigenvalue weighted by molar-refractivity contribution is 5.74. The second kappa shape index (κ2) is 12.1. The van der Waals surface area contributed by atoms with E-state index in [4.69, 9.17) is 9.47 Å². The number of nitrogens with zero attached hydrogens (tertiary/aromatic N) is 1. The van der Waals surface area contributed by atoms with Gasteiger partial charge in [0.25, 0.3) is 0 Å². The molecule has 176 valence electrons. The lowest BCUT2D eigenvalue weighted by Crippen LogP contribution is -2.53. The van der Waals surface area contributed by atoms with E-state index in [0.717, 1.165) is 16.7 Å². The molecular formula is C29H26N2O4. The molecule has 6 heteroatoms. The molecule has 0 heterocycles. The molecule has 0 aliphatic heterocycles. The Bertz CT molecular complexity index is 1200. The van der Waals surface area contributed by atoms with E-state index in [1.54, 1.807) is 0 Å². The second-order valence-electron chi connectivity index (χ2n) is 7.98. The minimum Gasteiger partial charge on any atom is -0.443 e. The van der Waals surface area contributed by atoms with Gasteiger partial charge in [0.05, 0.1) is 12.0 Å². The van der Waals surface area contributed by atoms with Crippen molar-refractivity contribution >= 4 is 12.2 Å². The summed E-state index contributed by atoms with van der Waals surface area (Å²) in [7, 11) is 0. The van der Waals surface area contributed by atoms with Gasteiger partial charge in [-0.05, 0) is 29.7 Å². The SMILES string of the molecule is O=C(NN(C(=O)OCc1ccccc1)[C@@H]1CC=C[C@H]1C#Cc1ccccc1)OCc1ccccc1. The Labute approximate surface area is 205 Å². The first-order chi connectivity index (χ1) is 17.2. The summed E-state index contributed by atoms with van der Waals surface area (Å²) in [4.78, 5) is 25.7. The van der Waals surface area contributed by atoms with Crippen LogP contribution in [0, 0.1) is 17.8 Å². The highest BCUT2D eigenvalue weighted by Gasteiger charge is 2.34. The molecule has 2 atom stereocenters. The van der Waals surface area contributed by atoms with Crippen LogP contribution in [0.15, 0.2) is 103 Å². The van der Waals surface area contributed by atoms with Gasteiger partial charge in [-0.3, -0.25) is 0 Å². The average molecular weight is 467 g/mol. The zero-order valence-electron chi connectivity index (χ0n) is 19.2. The molecule has 6 nitrogen and oxygen atoms in total. The number of carbonyl (C=O) groups excluding carboxylic acids is 2. The van der Waals surface area contributed by atoms with Crippen molar-refractivity contribution in [2.75, 3.05) is 0 Å². The van der Waals surface area contributed by atoms with Crippen molar-refractivity contribution < 1.29 is 19.1 Å². The summed E-state index contributed by atoms with van der Waals surface area (Å²) in [5.41, 5.74) is 5.15. The zero-order chi connectivity index (χ0) is 24.3. The Balaban J connectivity index is 1.46. The highest BCUT2D eigenvalue weighted by Crippen LogP contribution is 2.23. The molecule has 0 radical (unpaired) electrons. The van der Waals surface area contributed by atoms with Gasteiger partial charge in [0.15, 0.2) is 0 Å². The molecule has 1 aliphatic rings. The summed E-state index contributed by atoms with van der Waals surface area (Å²) in [6.07, 6.45) is 2.99. The van der Waals surface area contributed by atoms with Gasteiger partial charge in [0.2, 0.25) is 0 Å². The minimum absolute atomic E-state index is 0.0808. The topological polar surface area (TPSA) is 67.9 Å². The van der Waals surface area contributed by atoms with Crippen molar-refractivity contribution in [3.63, 3.8) is 0 Å². The van der Waals surface area contributed by atoms with Crippen LogP contribution in [0.5, 0.6) is 0 Å². The first kappa shape index (κ1) is 23.7. The molecule has 3 aromatic rings. The maximum absolute atomic E-state index is 13.1. The molecule has 0 bridgehead atoms. The lowest BCUT2D eigenvalue weighted by atomic mass is 10.0. The summed E-state index contributed by atoms with van der Waals surface area (Å²) in [5, 5.41) is 1.20. The van der Waals surface area contributed by atoms with E-state index in [2.05, 4.69) is 17.3 Å². The van der Waals surface area contributed by atoms with Crippen molar-refractivity contribution in [3.05, 3.63) is 120 Å². The predicted molar refractivity (Wildman–Crippen MR) is 133 cm³/mol. The molecule has 0 unspecified atom stereocenters. The van der Waals surface area contributed by atoms with Gasteiger partial charge in [-0.15, -0.1) is 0 Å². The van der Waals surface area contributed by atoms with Crippen LogP contribution in [-0.4, -0.2) is 23.2 Å². The summed E-state index contributed by atoms with van der Waals surface area (Å²) in [6, 6.07) is 27.9. The fraction of sp³-hybridized carbons (Fsp3) is 0.172. The summed E-state index contributed by atoms with van der Waals surface area (Å²) < 4.78 is 10.9. The van der Waals surface area contributed by atoms with Crippen LogP contribution in [0.3, 0.4) is 0 Å². The van der Waals surface area contributed by atoms with Gasteiger partial charge in [0, 0.05) is 5.56 Å². The molecule has 0 aromatic heterocycles. The number of benzene rings is 3. The number of hydrogen-bond donors (Lipinski definition) is 1. The standard InChI is InChI=1S/C29H26N2O4/c32-28(34-21-24-13-6-2-7-14-24)30-31(29(33)35-22-25-15-8-3-9-16-25)27-18-10-17-26(27)20-19-23-11-4-1-5-12-23/h1-17,26-27H,18,21-22H2,(H,30,32)/t26-,27+/m0/s1. The molecule has 35 heavy (non-hydrogen) atoms. The van der Waals surface area contributed by atoms with Gasteiger partial charge >= 0.3 is 12.2 Å². The molecule has 0 saturated carbocycles. The zero-order valence-corrected chi connectivity index (χ0v) is 19.2. The van der Waals surface area contributed by atoms with E-state index in [1.165, 1.54) is 5.01 Å². The number of rotatable bonds is 5. The summed E-state index contributed by atoms with van der Waals surface area (Å²) in [6.45, 7) is 0.164.